The molecular weight excluding hydrogens is 302 g/mol. The molecule has 0 bridgehead atoms. The minimum absolute atomic E-state index is 0.276. The van der Waals surface area contributed by atoms with Gasteiger partial charge in [0.2, 0.25) is 0 Å². The molecule has 0 spiro atoms. The fourth-order valence-electron chi connectivity index (χ4n) is 1.25. The summed E-state index contributed by atoms with van der Waals surface area (Å²) in [5.41, 5.74) is 0. The van der Waals surface area contributed by atoms with Crippen LogP contribution >= 0.6 is 46.4 Å². The van der Waals surface area contributed by atoms with Gasteiger partial charge >= 0.3 is 0 Å². The lowest BCUT2D eigenvalue weighted by Gasteiger charge is -2.25. The van der Waals surface area contributed by atoms with Gasteiger partial charge in [-0.2, -0.15) is 0 Å². The van der Waals surface area contributed by atoms with Gasteiger partial charge < -0.3 is 4.74 Å². The van der Waals surface area contributed by atoms with Crippen molar-refractivity contribution in [2.24, 2.45) is 0 Å². The first-order valence-electron chi connectivity index (χ1n) is 5.30. The molecule has 0 aliphatic heterocycles. The third-order valence-corrected chi connectivity index (χ3v) is 4.02. The van der Waals surface area contributed by atoms with Crippen LogP contribution in [0.3, 0.4) is 0 Å². The second-order valence-electron chi connectivity index (χ2n) is 3.83. The molecule has 0 aromatic carbocycles. The van der Waals surface area contributed by atoms with Gasteiger partial charge in [-0.3, -0.25) is 0 Å². The average Bonchev–Trinajstić information content (AvgIpc) is 2.30. The van der Waals surface area contributed by atoms with Gasteiger partial charge in [0.1, 0.15) is 0 Å². The number of rotatable bonds is 8. The molecule has 17 heavy (non-hydrogen) atoms. The topological polar surface area (TPSA) is 9.23 Å². The van der Waals surface area contributed by atoms with Crippen molar-refractivity contribution in [3.63, 3.8) is 0 Å². The molecule has 0 amide bonds. The van der Waals surface area contributed by atoms with Crippen LogP contribution in [0, 0.1) is 0 Å². The lowest BCUT2D eigenvalue weighted by molar-refractivity contribution is 0.115. The Bertz CT molecular complexity index is 241. The standard InChI is InChI=1S/C12H18Cl4O/c1-3-5-11(15,7-13)9-17-10-12(16,8-14)6-4-2/h3-6H,7-10H2,1-2H3. The van der Waals surface area contributed by atoms with E-state index in [2.05, 4.69) is 0 Å². The molecule has 0 heterocycles. The van der Waals surface area contributed by atoms with Gasteiger partial charge in [0, 0.05) is 11.8 Å². The monoisotopic (exact) mass is 318 g/mol. The molecule has 0 fully saturated rings. The molecule has 2 atom stereocenters. The van der Waals surface area contributed by atoms with Crippen LogP contribution in [0.15, 0.2) is 24.3 Å². The zero-order valence-corrected chi connectivity index (χ0v) is 13.1. The Morgan fingerprint density at radius 2 is 1.24 bits per heavy atom. The summed E-state index contributed by atoms with van der Waals surface area (Å²) in [7, 11) is 0. The Balaban J connectivity index is 4.29. The van der Waals surface area contributed by atoms with Crippen molar-refractivity contribution in [3.8, 4) is 0 Å². The molecule has 0 aromatic rings. The van der Waals surface area contributed by atoms with Crippen molar-refractivity contribution in [1.82, 2.24) is 0 Å². The fraction of sp³-hybridized carbons (Fsp3) is 0.667. The number of allylic oxidation sites excluding steroid dienone is 2. The van der Waals surface area contributed by atoms with Crippen molar-refractivity contribution >= 4 is 46.4 Å². The Hall–Kier alpha value is 0.600. The number of hydrogen-bond donors (Lipinski definition) is 0. The molecule has 0 rings (SSSR count). The summed E-state index contributed by atoms with van der Waals surface area (Å²) in [4.78, 5) is -1.37. The second kappa shape index (κ2) is 8.66. The maximum Gasteiger partial charge on any atom is 0.0993 e. The lowest BCUT2D eigenvalue weighted by atomic mass is 10.1. The summed E-state index contributed by atoms with van der Waals surface area (Å²) in [5, 5.41) is 0. The predicted octanol–water partition coefficient (Wildman–Crippen LogP) is 4.59. The van der Waals surface area contributed by atoms with Gasteiger partial charge in [-0.15, -0.1) is 46.4 Å². The zero-order chi connectivity index (χ0) is 13.4. The third kappa shape index (κ3) is 6.93. The fourth-order valence-corrected chi connectivity index (χ4v) is 1.99. The summed E-state index contributed by atoms with van der Waals surface area (Å²) in [6.07, 6.45) is 7.32. The third-order valence-electron chi connectivity index (χ3n) is 2.06. The SMILES string of the molecule is CC=CC(Cl)(CCl)COCC(Cl)(C=CC)CCl. The molecular formula is C12H18Cl4O. The van der Waals surface area contributed by atoms with E-state index in [1.807, 2.05) is 38.2 Å². The highest BCUT2D eigenvalue weighted by molar-refractivity contribution is 6.32. The summed E-state index contributed by atoms with van der Waals surface area (Å²) < 4.78 is 5.52. The maximum atomic E-state index is 6.24. The van der Waals surface area contributed by atoms with Gasteiger partial charge in [0.25, 0.3) is 0 Å². The average molecular weight is 320 g/mol. The van der Waals surface area contributed by atoms with Crippen LogP contribution in [0.5, 0.6) is 0 Å². The van der Waals surface area contributed by atoms with Gasteiger partial charge in [0.05, 0.1) is 23.0 Å². The molecule has 0 aliphatic rings. The van der Waals surface area contributed by atoms with Crippen molar-refractivity contribution < 1.29 is 4.74 Å². The Morgan fingerprint density at radius 3 is 1.47 bits per heavy atom. The Morgan fingerprint density at radius 1 is 0.882 bits per heavy atom. The van der Waals surface area contributed by atoms with Crippen molar-refractivity contribution in [2.75, 3.05) is 25.0 Å². The van der Waals surface area contributed by atoms with Crippen LogP contribution in [-0.4, -0.2) is 34.7 Å². The summed E-state index contributed by atoms with van der Waals surface area (Å²) in [5.74, 6) is 0.553. The van der Waals surface area contributed by atoms with Crippen molar-refractivity contribution in [3.05, 3.63) is 24.3 Å². The molecule has 0 saturated heterocycles. The van der Waals surface area contributed by atoms with Crippen LogP contribution in [0.1, 0.15) is 13.8 Å². The van der Waals surface area contributed by atoms with Crippen LogP contribution in [0.2, 0.25) is 0 Å². The maximum absolute atomic E-state index is 6.24. The van der Waals surface area contributed by atoms with E-state index in [1.165, 1.54) is 0 Å². The van der Waals surface area contributed by atoms with E-state index < -0.39 is 9.75 Å². The molecule has 1 nitrogen and oxygen atoms in total. The quantitative estimate of drug-likeness (QED) is 0.469. The van der Waals surface area contributed by atoms with Crippen LogP contribution < -0.4 is 0 Å². The highest BCUT2D eigenvalue weighted by Gasteiger charge is 2.27. The van der Waals surface area contributed by atoms with Gasteiger partial charge in [-0.1, -0.05) is 24.3 Å². The van der Waals surface area contributed by atoms with E-state index in [0.29, 0.717) is 13.2 Å². The minimum Gasteiger partial charge on any atom is -0.377 e. The van der Waals surface area contributed by atoms with E-state index in [9.17, 15) is 0 Å². The van der Waals surface area contributed by atoms with Crippen molar-refractivity contribution in [2.45, 2.75) is 23.6 Å². The largest absolute Gasteiger partial charge is 0.377 e. The highest BCUT2D eigenvalue weighted by atomic mass is 35.5. The van der Waals surface area contributed by atoms with Gasteiger partial charge in [0.15, 0.2) is 0 Å². The molecule has 5 heteroatoms. The molecule has 0 N–H and O–H groups in total. The summed E-state index contributed by atoms with van der Waals surface area (Å²) in [6.45, 7) is 4.36. The number of hydrogen-bond acceptors (Lipinski definition) is 1. The van der Waals surface area contributed by atoms with E-state index >= 15 is 0 Å². The number of ether oxygens (including phenoxy) is 1. The van der Waals surface area contributed by atoms with Gasteiger partial charge in [-0.05, 0) is 13.8 Å². The predicted molar refractivity (Wildman–Crippen MR) is 79.1 cm³/mol. The molecule has 2 unspecified atom stereocenters. The zero-order valence-electron chi connectivity index (χ0n) is 10.1. The Kier molecular flexibility index (Phi) is 8.96. The van der Waals surface area contributed by atoms with Crippen LogP contribution in [-0.2, 0) is 4.74 Å². The van der Waals surface area contributed by atoms with E-state index in [0.717, 1.165) is 0 Å². The van der Waals surface area contributed by atoms with Crippen molar-refractivity contribution in [1.29, 1.82) is 0 Å². The summed E-state index contributed by atoms with van der Waals surface area (Å²) in [6, 6.07) is 0. The second-order valence-corrected chi connectivity index (χ2v) is 5.87. The van der Waals surface area contributed by atoms with Crippen LogP contribution in [0.4, 0.5) is 0 Å². The lowest BCUT2D eigenvalue weighted by Crippen LogP contribution is -2.33. The Labute approximate surface area is 124 Å². The van der Waals surface area contributed by atoms with E-state index in [-0.39, 0.29) is 11.8 Å². The van der Waals surface area contributed by atoms with E-state index in [4.69, 9.17) is 51.1 Å². The molecule has 0 aliphatic carbocycles. The molecule has 0 saturated carbocycles. The molecule has 0 radical (unpaired) electrons. The normalized spacial score (nSPS) is 19.6. The smallest absolute Gasteiger partial charge is 0.0993 e. The van der Waals surface area contributed by atoms with Crippen LogP contribution in [0.25, 0.3) is 0 Å². The van der Waals surface area contributed by atoms with Gasteiger partial charge in [-0.25, -0.2) is 0 Å². The molecule has 100 valence electrons. The van der Waals surface area contributed by atoms with E-state index in [1.54, 1.807) is 0 Å². The first kappa shape index (κ1) is 17.6. The highest BCUT2D eigenvalue weighted by Crippen LogP contribution is 2.23. The number of halogens is 4. The minimum atomic E-state index is -0.684. The molecule has 0 aromatic heterocycles. The number of alkyl halides is 4. The first-order valence-corrected chi connectivity index (χ1v) is 7.13. The first-order chi connectivity index (χ1) is 7.95. The summed E-state index contributed by atoms with van der Waals surface area (Å²) >= 11 is 24.1.